The molecule has 4 heteroatoms. The van der Waals surface area contributed by atoms with Crippen molar-refractivity contribution in [1.82, 2.24) is 5.32 Å². The lowest BCUT2D eigenvalue weighted by Crippen LogP contribution is -2.51. The average Bonchev–Trinajstić information content (AvgIpc) is 2.14. The Morgan fingerprint density at radius 3 is 2.24 bits per heavy atom. The number of rotatable bonds is 6. The Morgan fingerprint density at radius 2 is 1.94 bits per heavy atom. The number of hydrogen-bond acceptors (Lipinski definition) is 2. The molecule has 0 aromatic heterocycles. The largest absolute Gasteiger partial charge is 0.480 e. The van der Waals surface area contributed by atoms with Crippen molar-refractivity contribution in [3.05, 3.63) is 0 Å². The Hall–Kier alpha value is -1.06. The number of carboxylic acids is 1. The highest BCUT2D eigenvalue weighted by atomic mass is 16.4. The normalized spacial score (nSPS) is 19.5. The first kappa shape index (κ1) is 14.0. The number of aliphatic carboxylic acids is 1. The van der Waals surface area contributed by atoms with Crippen LogP contribution in [0, 0.1) is 11.3 Å². The predicted molar refractivity (Wildman–Crippen MR) is 65.6 cm³/mol. The van der Waals surface area contributed by atoms with Crippen molar-refractivity contribution in [2.45, 2.75) is 58.9 Å². The highest BCUT2D eigenvalue weighted by Crippen LogP contribution is 2.44. The maximum atomic E-state index is 12.1. The van der Waals surface area contributed by atoms with E-state index in [4.69, 9.17) is 5.11 Å². The molecule has 1 aliphatic carbocycles. The van der Waals surface area contributed by atoms with Gasteiger partial charge in [0.15, 0.2) is 0 Å². The summed E-state index contributed by atoms with van der Waals surface area (Å²) < 4.78 is 0. The van der Waals surface area contributed by atoms with E-state index in [1.807, 2.05) is 20.8 Å². The van der Waals surface area contributed by atoms with E-state index < -0.39 is 12.0 Å². The van der Waals surface area contributed by atoms with Crippen molar-refractivity contribution in [1.29, 1.82) is 0 Å². The van der Waals surface area contributed by atoms with Crippen LogP contribution in [-0.4, -0.2) is 23.0 Å². The molecular formula is C13H23NO3. The van der Waals surface area contributed by atoms with Gasteiger partial charge in [-0.05, 0) is 31.6 Å². The summed E-state index contributed by atoms with van der Waals surface area (Å²) in [5.41, 5.74) is -0.287. The van der Waals surface area contributed by atoms with Gasteiger partial charge in [-0.15, -0.1) is 0 Å². The smallest absolute Gasteiger partial charge is 0.326 e. The Labute approximate surface area is 103 Å². The second-order valence-electron chi connectivity index (χ2n) is 5.48. The van der Waals surface area contributed by atoms with Crippen molar-refractivity contribution < 1.29 is 14.7 Å². The van der Waals surface area contributed by atoms with Gasteiger partial charge in [-0.2, -0.15) is 0 Å². The number of carboxylic acid groups (broad SMARTS) is 1. The summed E-state index contributed by atoms with van der Waals surface area (Å²) >= 11 is 0. The molecule has 98 valence electrons. The quantitative estimate of drug-likeness (QED) is 0.749. The van der Waals surface area contributed by atoms with Gasteiger partial charge in [0, 0.05) is 5.41 Å². The Balaban J connectivity index is 2.60. The van der Waals surface area contributed by atoms with E-state index in [0.717, 1.165) is 25.7 Å². The number of nitrogens with one attached hydrogen (secondary N) is 1. The molecule has 1 atom stereocenters. The second kappa shape index (κ2) is 5.52. The van der Waals surface area contributed by atoms with Gasteiger partial charge in [0.05, 0.1) is 0 Å². The first-order valence-corrected chi connectivity index (χ1v) is 6.45. The first-order valence-electron chi connectivity index (χ1n) is 6.45. The SMILES string of the molecule is CCC1(C(=O)N[C@H](CC(C)C)C(=O)O)CCC1. The van der Waals surface area contributed by atoms with Gasteiger partial charge in [0.1, 0.15) is 6.04 Å². The first-order chi connectivity index (χ1) is 7.91. The Bertz CT molecular complexity index is 290. The summed E-state index contributed by atoms with van der Waals surface area (Å²) in [6.45, 7) is 5.92. The van der Waals surface area contributed by atoms with E-state index >= 15 is 0 Å². The maximum Gasteiger partial charge on any atom is 0.326 e. The van der Waals surface area contributed by atoms with Gasteiger partial charge >= 0.3 is 5.97 Å². The molecule has 1 saturated carbocycles. The molecule has 1 rings (SSSR count). The van der Waals surface area contributed by atoms with Gasteiger partial charge in [-0.25, -0.2) is 4.79 Å². The van der Waals surface area contributed by atoms with Crippen LogP contribution in [0.5, 0.6) is 0 Å². The molecular weight excluding hydrogens is 218 g/mol. The van der Waals surface area contributed by atoms with Gasteiger partial charge in [-0.3, -0.25) is 4.79 Å². The lowest BCUT2D eigenvalue weighted by Gasteiger charge is -2.40. The Kier molecular flexibility index (Phi) is 4.54. The summed E-state index contributed by atoms with van der Waals surface area (Å²) in [5.74, 6) is -0.743. The summed E-state index contributed by atoms with van der Waals surface area (Å²) in [6, 6.07) is -0.744. The predicted octanol–water partition coefficient (Wildman–Crippen LogP) is 2.18. The summed E-state index contributed by atoms with van der Waals surface area (Å²) in [7, 11) is 0. The van der Waals surface area contributed by atoms with E-state index in [2.05, 4.69) is 5.32 Å². The van der Waals surface area contributed by atoms with Crippen LogP contribution in [-0.2, 0) is 9.59 Å². The molecule has 2 N–H and O–H groups in total. The molecule has 0 radical (unpaired) electrons. The lowest BCUT2D eigenvalue weighted by molar-refractivity contribution is -0.146. The van der Waals surface area contributed by atoms with Crippen molar-refractivity contribution >= 4 is 11.9 Å². The zero-order valence-corrected chi connectivity index (χ0v) is 11.0. The van der Waals surface area contributed by atoms with Crippen LogP contribution in [0.3, 0.4) is 0 Å². The molecule has 1 fully saturated rings. The zero-order chi connectivity index (χ0) is 13.1. The molecule has 0 unspecified atom stereocenters. The lowest BCUT2D eigenvalue weighted by atomic mass is 9.66. The van der Waals surface area contributed by atoms with Crippen LogP contribution < -0.4 is 5.32 Å². The zero-order valence-electron chi connectivity index (χ0n) is 11.0. The Morgan fingerprint density at radius 1 is 1.35 bits per heavy atom. The van der Waals surface area contributed by atoms with Crippen molar-refractivity contribution in [3.63, 3.8) is 0 Å². The summed E-state index contributed by atoms with van der Waals surface area (Å²) in [6.07, 6.45) is 4.14. The van der Waals surface area contributed by atoms with Crippen LogP contribution in [0.15, 0.2) is 0 Å². The van der Waals surface area contributed by atoms with E-state index in [1.54, 1.807) is 0 Å². The third kappa shape index (κ3) is 3.20. The van der Waals surface area contributed by atoms with Gasteiger partial charge < -0.3 is 10.4 Å². The summed E-state index contributed by atoms with van der Waals surface area (Å²) in [4.78, 5) is 23.2. The molecule has 17 heavy (non-hydrogen) atoms. The van der Waals surface area contributed by atoms with E-state index in [1.165, 1.54) is 0 Å². The van der Waals surface area contributed by atoms with Crippen molar-refractivity contribution in [2.24, 2.45) is 11.3 Å². The minimum atomic E-state index is -0.933. The number of hydrogen-bond donors (Lipinski definition) is 2. The molecule has 4 nitrogen and oxygen atoms in total. The third-order valence-corrected chi connectivity index (χ3v) is 3.78. The number of carbonyl (C=O) groups excluding carboxylic acids is 1. The molecule has 1 aliphatic rings. The third-order valence-electron chi connectivity index (χ3n) is 3.78. The fourth-order valence-corrected chi connectivity index (χ4v) is 2.35. The van der Waals surface area contributed by atoms with Crippen LogP contribution >= 0.6 is 0 Å². The van der Waals surface area contributed by atoms with Gasteiger partial charge in [-0.1, -0.05) is 27.2 Å². The molecule has 0 heterocycles. The van der Waals surface area contributed by atoms with Crippen molar-refractivity contribution in [2.75, 3.05) is 0 Å². The monoisotopic (exact) mass is 241 g/mol. The fourth-order valence-electron chi connectivity index (χ4n) is 2.35. The van der Waals surface area contributed by atoms with E-state index in [9.17, 15) is 9.59 Å². The van der Waals surface area contributed by atoms with Gasteiger partial charge in [0.2, 0.25) is 5.91 Å². The van der Waals surface area contributed by atoms with E-state index in [0.29, 0.717) is 6.42 Å². The molecule has 0 aromatic rings. The standard InChI is InChI=1S/C13H23NO3/c1-4-13(6-5-7-13)12(17)14-10(11(15)16)8-9(2)3/h9-10H,4-8H2,1-3H3,(H,14,17)(H,15,16)/t10-/m1/s1. The fraction of sp³-hybridized carbons (Fsp3) is 0.846. The van der Waals surface area contributed by atoms with Gasteiger partial charge in [0.25, 0.3) is 0 Å². The average molecular weight is 241 g/mol. The molecule has 0 bridgehead atoms. The van der Waals surface area contributed by atoms with Crippen LogP contribution in [0.25, 0.3) is 0 Å². The second-order valence-corrected chi connectivity index (χ2v) is 5.48. The molecule has 0 spiro atoms. The maximum absolute atomic E-state index is 12.1. The van der Waals surface area contributed by atoms with Crippen LogP contribution in [0.2, 0.25) is 0 Å². The highest BCUT2D eigenvalue weighted by Gasteiger charge is 2.43. The minimum Gasteiger partial charge on any atom is -0.480 e. The molecule has 1 amide bonds. The van der Waals surface area contributed by atoms with E-state index in [-0.39, 0.29) is 17.2 Å². The number of carbonyl (C=O) groups is 2. The topological polar surface area (TPSA) is 66.4 Å². The van der Waals surface area contributed by atoms with Crippen LogP contribution in [0.1, 0.15) is 52.9 Å². The minimum absolute atomic E-state index is 0.0701. The molecule has 0 aromatic carbocycles. The molecule has 0 aliphatic heterocycles. The van der Waals surface area contributed by atoms with Crippen molar-refractivity contribution in [3.8, 4) is 0 Å². The highest BCUT2D eigenvalue weighted by molar-refractivity contribution is 5.88. The van der Waals surface area contributed by atoms with Crippen LogP contribution in [0.4, 0.5) is 0 Å². The number of amides is 1. The molecule has 0 saturated heterocycles. The summed E-state index contributed by atoms with van der Waals surface area (Å²) in [5, 5.41) is 11.8.